The molecule has 19 heavy (non-hydrogen) atoms. The van der Waals surface area contributed by atoms with Gasteiger partial charge in [0.05, 0.1) is 5.03 Å². The summed E-state index contributed by atoms with van der Waals surface area (Å²) in [4.78, 5) is 11.6. The molecule has 0 radical (unpaired) electrons. The first-order valence-corrected chi connectivity index (χ1v) is 7.58. The summed E-state index contributed by atoms with van der Waals surface area (Å²) in [5.74, 6) is 0.109. The summed E-state index contributed by atoms with van der Waals surface area (Å²) in [6.07, 6.45) is 5.58. The number of carbonyl (C=O) groups excluding carboxylic acids is 1. The fraction of sp³-hybridized carbons (Fsp3) is 0.312. The molecular formula is C16H19NOS. The van der Waals surface area contributed by atoms with Crippen LogP contribution in [-0.2, 0) is 4.79 Å². The highest BCUT2D eigenvalue weighted by atomic mass is 32.2. The molecule has 1 amide bonds. The van der Waals surface area contributed by atoms with Crippen molar-refractivity contribution in [3.63, 3.8) is 0 Å². The third-order valence-electron chi connectivity index (χ3n) is 2.96. The monoisotopic (exact) mass is 273 g/mol. The number of thioether (sulfide) groups is 1. The first-order valence-electron chi connectivity index (χ1n) is 6.70. The van der Waals surface area contributed by atoms with Crippen molar-refractivity contribution >= 4 is 23.2 Å². The largest absolute Gasteiger partial charge is 0.321 e. The lowest BCUT2D eigenvalue weighted by molar-refractivity contribution is -0.120. The molecule has 1 N–H and O–H groups in total. The van der Waals surface area contributed by atoms with Crippen LogP contribution in [0.25, 0.3) is 5.57 Å². The van der Waals surface area contributed by atoms with E-state index in [1.807, 2.05) is 13.0 Å². The molecular weight excluding hydrogens is 254 g/mol. The van der Waals surface area contributed by atoms with Crippen molar-refractivity contribution in [1.29, 1.82) is 0 Å². The van der Waals surface area contributed by atoms with Gasteiger partial charge in [-0.05, 0) is 35.8 Å². The van der Waals surface area contributed by atoms with Gasteiger partial charge in [0.2, 0.25) is 5.91 Å². The molecule has 0 saturated carbocycles. The molecule has 0 spiro atoms. The van der Waals surface area contributed by atoms with Crippen LogP contribution < -0.4 is 5.32 Å². The molecule has 0 bridgehead atoms. The Balaban J connectivity index is 2.00. The van der Waals surface area contributed by atoms with E-state index in [1.165, 1.54) is 11.1 Å². The van der Waals surface area contributed by atoms with Crippen LogP contribution >= 0.6 is 11.8 Å². The molecule has 0 aliphatic carbocycles. The van der Waals surface area contributed by atoms with Crippen LogP contribution in [0, 0.1) is 0 Å². The fourth-order valence-corrected chi connectivity index (χ4v) is 2.88. The minimum absolute atomic E-state index is 0.109. The number of nitrogens with one attached hydrogen (secondary N) is 1. The molecule has 1 aromatic rings. The van der Waals surface area contributed by atoms with Crippen LogP contribution in [0.4, 0.5) is 0 Å². The minimum Gasteiger partial charge on any atom is -0.321 e. The van der Waals surface area contributed by atoms with E-state index in [-0.39, 0.29) is 5.91 Å². The molecule has 1 aliphatic heterocycles. The molecule has 2 nitrogen and oxygen atoms in total. The van der Waals surface area contributed by atoms with Crippen molar-refractivity contribution in [2.75, 3.05) is 0 Å². The maximum atomic E-state index is 11.6. The molecule has 1 aliphatic rings. The molecule has 100 valence electrons. The lowest BCUT2D eigenvalue weighted by Crippen LogP contribution is -2.20. The van der Waals surface area contributed by atoms with Gasteiger partial charge in [0.1, 0.15) is 0 Å². The number of hydrogen-bond acceptors (Lipinski definition) is 2. The highest BCUT2D eigenvalue weighted by Gasteiger charge is 2.09. The van der Waals surface area contributed by atoms with Crippen LogP contribution in [0.15, 0.2) is 46.8 Å². The Labute approximate surface area is 119 Å². The lowest BCUT2D eigenvalue weighted by Gasteiger charge is -2.05. The Bertz CT molecular complexity index is 491. The van der Waals surface area contributed by atoms with Crippen LogP contribution in [0.5, 0.6) is 0 Å². The molecule has 0 aromatic heterocycles. The number of rotatable bonds is 4. The highest BCUT2D eigenvalue weighted by molar-refractivity contribution is 8.05. The highest BCUT2D eigenvalue weighted by Crippen LogP contribution is 2.30. The van der Waals surface area contributed by atoms with Crippen molar-refractivity contribution in [1.82, 2.24) is 5.32 Å². The summed E-state index contributed by atoms with van der Waals surface area (Å²) in [5, 5.41) is 6.09. The van der Waals surface area contributed by atoms with E-state index in [4.69, 9.17) is 0 Å². The van der Waals surface area contributed by atoms with Crippen molar-refractivity contribution in [2.24, 2.45) is 0 Å². The van der Waals surface area contributed by atoms with Gasteiger partial charge in [-0.15, -0.1) is 0 Å². The van der Waals surface area contributed by atoms with E-state index in [0.717, 1.165) is 24.3 Å². The first-order chi connectivity index (χ1) is 9.29. The van der Waals surface area contributed by atoms with Crippen molar-refractivity contribution in [3.05, 3.63) is 52.4 Å². The number of allylic oxidation sites excluding steroid dienone is 2. The predicted molar refractivity (Wildman–Crippen MR) is 82.4 cm³/mol. The summed E-state index contributed by atoms with van der Waals surface area (Å²) in [6.45, 7) is 2.02. The summed E-state index contributed by atoms with van der Waals surface area (Å²) in [5.41, 5.74) is 2.60. The third kappa shape index (κ3) is 4.28. The number of carbonyl (C=O) groups is 1. The average Bonchev–Trinajstić information content (AvgIpc) is 2.66. The second-order valence-electron chi connectivity index (χ2n) is 4.53. The minimum atomic E-state index is 0.109. The van der Waals surface area contributed by atoms with Crippen molar-refractivity contribution < 1.29 is 4.79 Å². The quantitative estimate of drug-likeness (QED) is 0.885. The average molecular weight is 273 g/mol. The van der Waals surface area contributed by atoms with E-state index in [1.54, 1.807) is 11.8 Å². The molecule has 0 unspecified atom stereocenters. The second kappa shape index (κ2) is 7.19. The zero-order chi connectivity index (χ0) is 13.5. The van der Waals surface area contributed by atoms with Gasteiger partial charge in [-0.2, -0.15) is 0 Å². The van der Waals surface area contributed by atoms with Crippen molar-refractivity contribution in [2.45, 2.75) is 32.6 Å². The van der Waals surface area contributed by atoms with Crippen molar-refractivity contribution in [3.8, 4) is 0 Å². The summed E-state index contributed by atoms with van der Waals surface area (Å²) < 4.78 is 0. The van der Waals surface area contributed by atoms with Crippen LogP contribution in [0.2, 0.25) is 0 Å². The fourth-order valence-electron chi connectivity index (χ4n) is 1.97. The van der Waals surface area contributed by atoms with Gasteiger partial charge >= 0.3 is 0 Å². The predicted octanol–water partition coefficient (Wildman–Crippen LogP) is 4.31. The maximum Gasteiger partial charge on any atom is 0.224 e. The topological polar surface area (TPSA) is 29.1 Å². The standard InChI is InChI=1S/C16H19NOS/c1-2-7-15(18)17-16-11-6-10-14(12-19-16)13-8-4-3-5-9-13/h3-5,8-9,11-12H,2,6-7,10H2,1H3,(H,17,18). The molecule has 0 saturated heterocycles. The van der Waals surface area contributed by atoms with Gasteiger partial charge in [-0.25, -0.2) is 0 Å². The number of amides is 1. The lowest BCUT2D eigenvalue weighted by atomic mass is 10.0. The third-order valence-corrected chi connectivity index (χ3v) is 3.88. The molecule has 0 atom stereocenters. The van der Waals surface area contributed by atoms with Crippen LogP contribution in [0.1, 0.15) is 38.2 Å². The van der Waals surface area contributed by atoms with Gasteiger partial charge in [0, 0.05) is 6.42 Å². The normalized spacial score (nSPS) is 15.2. The van der Waals surface area contributed by atoms with Gasteiger partial charge in [-0.3, -0.25) is 4.79 Å². The Morgan fingerprint density at radius 3 is 2.84 bits per heavy atom. The van der Waals surface area contributed by atoms with Gasteiger partial charge in [0.25, 0.3) is 0 Å². The summed E-state index contributed by atoms with van der Waals surface area (Å²) >= 11 is 1.61. The number of hydrogen-bond donors (Lipinski definition) is 1. The zero-order valence-electron chi connectivity index (χ0n) is 11.2. The molecule has 1 heterocycles. The Hall–Kier alpha value is -1.48. The first kappa shape index (κ1) is 13.9. The van der Waals surface area contributed by atoms with E-state index < -0.39 is 0 Å². The Kier molecular flexibility index (Phi) is 5.28. The van der Waals surface area contributed by atoms with Crippen LogP contribution in [0.3, 0.4) is 0 Å². The van der Waals surface area contributed by atoms with Crippen LogP contribution in [-0.4, -0.2) is 5.91 Å². The van der Waals surface area contributed by atoms with E-state index in [0.29, 0.717) is 6.42 Å². The smallest absolute Gasteiger partial charge is 0.224 e. The molecule has 2 rings (SSSR count). The van der Waals surface area contributed by atoms with Gasteiger partial charge in [0.15, 0.2) is 0 Å². The molecule has 1 aromatic carbocycles. The Morgan fingerprint density at radius 2 is 2.11 bits per heavy atom. The molecule has 3 heteroatoms. The summed E-state index contributed by atoms with van der Waals surface area (Å²) in [6, 6.07) is 10.4. The summed E-state index contributed by atoms with van der Waals surface area (Å²) in [7, 11) is 0. The SMILES string of the molecule is CCCC(=O)NC1=CCCC(c2ccccc2)=CS1. The van der Waals surface area contributed by atoms with E-state index in [2.05, 4.69) is 41.1 Å². The molecule has 0 fully saturated rings. The van der Waals surface area contributed by atoms with E-state index >= 15 is 0 Å². The van der Waals surface area contributed by atoms with Gasteiger partial charge < -0.3 is 5.32 Å². The van der Waals surface area contributed by atoms with Gasteiger partial charge in [-0.1, -0.05) is 55.1 Å². The maximum absolute atomic E-state index is 11.6. The Morgan fingerprint density at radius 1 is 1.32 bits per heavy atom. The second-order valence-corrected chi connectivity index (χ2v) is 5.44. The number of benzene rings is 1. The van der Waals surface area contributed by atoms with E-state index in [9.17, 15) is 4.79 Å². The zero-order valence-corrected chi connectivity index (χ0v) is 12.0.